The Labute approximate surface area is 128 Å². The summed E-state index contributed by atoms with van der Waals surface area (Å²) >= 11 is 0. The summed E-state index contributed by atoms with van der Waals surface area (Å²) in [5.74, 6) is -0.382. The first-order valence-electron chi connectivity index (χ1n) is 7.35. The molecular weight excluding hydrogens is 262 g/mol. The van der Waals surface area contributed by atoms with Crippen molar-refractivity contribution < 1.29 is 9.59 Å². The Kier molecular flexibility index (Phi) is 4.98. The summed E-state index contributed by atoms with van der Waals surface area (Å²) in [4.78, 5) is 22.9. The summed E-state index contributed by atoms with van der Waals surface area (Å²) in [7, 11) is 0. The van der Waals surface area contributed by atoms with Gasteiger partial charge in [-0.25, -0.2) is 0 Å². The van der Waals surface area contributed by atoms with Gasteiger partial charge in [0.2, 0.25) is 5.91 Å². The van der Waals surface area contributed by atoms with Crippen molar-refractivity contribution in [2.45, 2.75) is 65.7 Å². The van der Waals surface area contributed by atoms with E-state index in [2.05, 4.69) is 52.9 Å². The molecular formula is C18H27NO2. The number of ketones is 1. The minimum Gasteiger partial charge on any atom is -0.325 e. The Morgan fingerprint density at radius 1 is 1.00 bits per heavy atom. The number of carbonyl (C=O) groups is 2. The molecule has 0 unspecified atom stereocenters. The largest absolute Gasteiger partial charge is 0.325 e. The van der Waals surface area contributed by atoms with Crippen LogP contribution in [0.15, 0.2) is 18.2 Å². The van der Waals surface area contributed by atoms with Gasteiger partial charge >= 0.3 is 0 Å². The predicted molar refractivity (Wildman–Crippen MR) is 87.8 cm³/mol. The van der Waals surface area contributed by atoms with E-state index in [0.29, 0.717) is 0 Å². The van der Waals surface area contributed by atoms with Gasteiger partial charge in [0, 0.05) is 5.69 Å². The van der Waals surface area contributed by atoms with Gasteiger partial charge in [0.15, 0.2) is 0 Å². The minimum absolute atomic E-state index is 0.0575. The molecule has 0 radical (unpaired) electrons. The summed E-state index contributed by atoms with van der Waals surface area (Å²) in [6.07, 6.45) is -0.0788. The van der Waals surface area contributed by atoms with Crippen LogP contribution in [0, 0.1) is 0 Å². The minimum atomic E-state index is -0.253. The Balaban J connectivity index is 3.21. The van der Waals surface area contributed by atoms with E-state index in [1.807, 2.05) is 12.1 Å². The highest BCUT2D eigenvalue weighted by Gasteiger charge is 2.23. The maximum atomic E-state index is 11.9. The van der Waals surface area contributed by atoms with Crippen LogP contribution in [0.25, 0.3) is 0 Å². The van der Waals surface area contributed by atoms with Gasteiger partial charge in [-0.05, 0) is 34.9 Å². The Morgan fingerprint density at radius 3 is 2.00 bits per heavy atom. The highest BCUT2D eigenvalue weighted by atomic mass is 16.2. The second kappa shape index (κ2) is 6.00. The molecule has 0 heterocycles. The van der Waals surface area contributed by atoms with E-state index in [4.69, 9.17) is 0 Å². The molecule has 3 heteroatoms. The van der Waals surface area contributed by atoms with Gasteiger partial charge < -0.3 is 5.32 Å². The Bertz CT molecular complexity index is 545. The molecule has 116 valence electrons. The van der Waals surface area contributed by atoms with E-state index in [-0.39, 0.29) is 28.9 Å². The van der Waals surface area contributed by atoms with Crippen molar-refractivity contribution in [1.29, 1.82) is 0 Å². The van der Waals surface area contributed by atoms with Gasteiger partial charge in [0.25, 0.3) is 0 Å². The molecule has 1 aromatic rings. The molecule has 1 amide bonds. The molecule has 0 saturated heterocycles. The predicted octanol–water partition coefficient (Wildman–Crippen LogP) is 4.20. The zero-order valence-corrected chi connectivity index (χ0v) is 14.3. The average Bonchev–Trinajstić information content (AvgIpc) is 2.24. The Hall–Kier alpha value is -1.64. The van der Waals surface area contributed by atoms with Crippen LogP contribution in [0.1, 0.15) is 66.0 Å². The van der Waals surface area contributed by atoms with E-state index in [0.717, 1.165) is 11.3 Å². The average molecular weight is 289 g/mol. The second-order valence-corrected chi connectivity index (χ2v) is 7.69. The topological polar surface area (TPSA) is 46.2 Å². The first-order chi connectivity index (χ1) is 9.41. The van der Waals surface area contributed by atoms with E-state index >= 15 is 0 Å². The van der Waals surface area contributed by atoms with Crippen LogP contribution in [0.2, 0.25) is 0 Å². The summed E-state index contributed by atoms with van der Waals surface area (Å²) in [6.45, 7) is 14.3. The molecule has 0 aromatic heterocycles. The number of benzene rings is 1. The number of carbonyl (C=O) groups excluding carboxylic acids is 2. The van der Waals surface area contributed by atoms with Gasteiger partial charge in [-0.2, -0.15) is 0 Å². The van der Waals surface area contributed by atoms with Crippen LogP contribution in [0.3, 0.4) is 0 Å². The van der Waals surface area contributed by atoms with Gasteiger partial charge in [0.05, 0.1) is 6.42 Å². The number of anilines is 1. The standard InChI is InChI=1S/C18H27NO2/c1-12(20)10-16(21)19-15-9-8-13(17(2,3)4)11-14(15)18(5,6)7/h8-9,11H,10H2,1-7H3,(H,19,21). The summed E-state index contributed by atoms with van der Waals surface area (Å²) in [6, 6.07) is 6.14. The molecule has 0 saturated carbocycles. The molecule has 0 aliphatic carbocycles. The fraction of sp³-hybridized carbons (Fsp3) is 0.556. The summed E-state index contributed by atoms with van der Waals surface area (Å²) < 4.78 is 0. The van der Waals surface area contributed by atoms with Crippen molar-refractivity contribution in [1.82, 2.24) is 0 Å². The zero-order chi connectivity index (χ0) is 16.4. The van der Waals surface area contributed by atoms with Crippen molar-refractivity contribution in [2.75, 3.05) is 5.32 Å². The van der Waals surface area contributed by atoms with Crippen LogP contribution in [0.4, 0.5) is 5.69 Å². The van der Waals surface area contributed by atoms with Crippen molar-refractivity contribution in [3.63, 3.8) is 0 Å². The highest BCUT2D eigenvalue weighted by molar-refractivity contribution is 6.03. The third kappa shape index (κ3) is 5.00. The molecule has 0 fully saturated rings. The molecule has 0 spiro atoms. The van der Waals surface area contributed by atoms with Crippen LogP contribution < -0.4 is 5.32 Å². The quantitative estimate of drug-likeness (QED) is 0.848. The van der Waals surface area contributed by atoms with Crippen LogP contribution in [0.5, 0.6) is 0 Å². The lowest BCUT2D eigenvalue weighted by Gasteiger charge is -2.27. The second-order valence-electron chi connectivity index (χ2n) is 7.69. The molecule has 3 nitrogen and oxygen atoms in total. The lowest BCUT2D eigenvalue weighted by molar-refractivity contribution is -0.124. The fourth-order valence-corrected chi connectivity index (χ4v) is 2.16. The maximum Gasteiger partial charge on any atom is 0.231 e. The molecule has 1 rings (SSSR count). The van der Waals surface area contributed by atoms with E-state index < -0.39 is 0 Å². The monoisotopic (exact) mass is 289 g/mol. The van der Waals surface area contributed by atoms with Crippen molar-refractivity contribution >= 4 is 17.4 Å². The molecule has 1 N–H and O–H groups in total. The summed E-state index contributed by atoms with van der Waals surface area (Å²) in [5, 5.41) is 2.87. The van der Waals surface area contributed by atoms with Crippen molar-refractivity contribution in [2.24, 2.45) is 0 Å². The Morgan fingerprint density at radius 2 is 1.57 bits per heavy atom. The summed E-state index contributed by atoms with van der Waals surface area (Å²) in [5.41, 5.74) is 3.09. The highest BCUT2D eigenvalue weighted by Crippen LogP contribution is 2.34. The lowest BCUT2D eigenvalue weighted by atomic mass is 9.80. The van der Waals surface area contributed by atoms with Gasteiger partial charge in [-0.3, -0.25) is 9.59 Å². The number of hydrogen-bond acceptors (Lipinski definition) is 2. The van der Waals surface area contributed by atoms with E-state index in [1.165, 1.54) is 12.5 Å². The molecule has 0 aliphatic heterocycles. The number of hydrogen-bond donors (Lipinski definition) is 1. The third-order valence-corrected chi connectivity index (χ3v) is 3.38. The van der Waals surface area contributed by atoms with Gasteiger partial charge in [-0.1, -0.05) is 53.7 Å². The van der Waals surface area contributed by atoms with Gasteiger partial charge in [0.1, 0.15) is 5.78 Å². The molecule has 0 atom stereocenters. The third-order valence-electron chi connectivity index (χ3n) is 3.38. The lowest BCUT2D eigenvalue weighted by Crippen LogP contribution is -2.21. The molecule has 21 heavy (non-hydrogen) atoms. The van der Waals surface area contributed by atoms with Crippen LogP contribution in [-0.2, 0) is 20.4 Å². The SMILES string of the molecule is CC(=O)CC(=O)Nc1ccc(C(C)(C)C)cc1C(C)(C)C. The number of Topliss-reactive ketones (excluding diaryl/α,β-unsaturated/α-hetero) is 1. The first-order valence-corrected chi connectivity index (χ1v) is 7.35. The first kappa shape index (κ1) is 17.4. The van der Waals surface area contributed by atoms with Crippen molar-refractivity contribution in [3.05, 3.63) is 29.3 Å². The molecule has 1 aromatic carbocycles. The number of nitrogens with one attached hydrogen (secondary N) is 1. The van der Waals surface area contributed by atoms with Crippen LogP contribution >= 0.6 is 0 Å². The number of amides is 1. The fourth-order valence-electron chi connectivity index (χ4n) is 2.16. The maximum absolute atomic E-state index is 11.9. The normalized spacial score (nSPS) is 12.1. The zero-order valence-electron chi connectivity index (χ0n) is 14.3. The van der Waals surface area contributed by atoms with Crippen LogP contribution in [-0.4, -0.2) is 11.7 Å². The van der Waals surface area contributed by atoms with E-state index in [1.54, 1.807) is 0 Å². The molecule has 0 aliphatic rings. The smallest absolute Gasteiger partial charge is 0.231 e. The van der Waals surface area contributed by atoms with E-state index in [9.17, 15) is 9.59 Å². The van der Waals surface area contributed by atoms with Gasteiger partial charge in [-0.15, -0.1) is 0 Å². The number of rotatable bonds is 3. The van der Waals surface area contributed by atoms with Crippen molar-refractivity contribution in [3.8, 4) is 0 Å². The molecule has 0 bridgehead atoms.